The first kappa shape index (κ1) is 17.0. The predicted octanol–water partition coefficient (Wildman–Crippen LogP) is 2.37. The summed E-state index contributed by atoms with van der Waals surface area (Å²) >= 11 is 0. The van der Waals surface area contributed by atoms with Gasteiger partial charge in [0.25, 0.3) is 0 Å². The molecule has 0 saturated carbocycles. The normalized spacial score (nSPS) is 11.0. The van der Waals surface area contributed by atoms with Gasteiger partial charge >= 0.3 is 12.0 Å². The molecule has 1 rings (SSSR count). The standard InChI is InChI=1S/C16H24N2O3/c1-16(2,11-13-7-5-4-6-8-13)12-17-15(21)18(3)10-9-14(19)20/h4-8H,9-12H2,1-3H3,(H,17,21)(H,19,20). The third-order valence-electron chi connectivity index (χ3n) is 3.25. The van der Waals surface area contributed by atoms with Crippen LogP contribution in [0.1, 0.15) is 25.8 Å². The number of hydrogen-bond acceptors (Lipinski definition) is 2. The molecule has 116 valence electrons. The van der Waals surface area contributed by atoms with E-state index < -0.39 is 5.97 Å². The van der Waals surface area contributed by atoms with E-state index >= 15 is 0 Å². The van der Waals surface area contributed by atoms with Crippen molar-refractivity contribution in [1.29, 1.82) is 0 Å². The average molecular weight is 292 g/mol. The van der Waals surface area contributed by atoms with E-state index in [0.717, 1.165) is 6.42 Å². The summed E-state index contributed by atoms with van der Waals surface area (Å²) in [5.41, 5.74) is 1.17. The fraction of sp³-hybridized carbons (Fsp3) is 0.500. The maximum Gasteiger partial charge on any atom is 0.317 e. The molecule has 0 aliphatic rings. The third kappa shape index (κ3) is 6.79. The molecular formula is C16H24N2O3. The summed E-state index contributed by atoms with van der Waals surface area (Å²) in [5, 5.41) is 11.5. The van der Waals surface area contributed by atoms with E-state index in [1.54, 1.807) is 7.05 Å². The second-order valence-corrected chi connectivity index (χ2v) is 6.05. The lowest BCUT2D eigenvalue weighted by Gasteiger charge is -2.27. The highest BCUT2D eigenvalue weighted by Gasteiger charge is 2.20. The molecule has 0 heterocycles. The summed E-state index contributed by atoms with van der Waals surface area (Å²) in [6, 6.07) is 9.89. The second kappa shape index (κ2) is 7.67. The Morgan fingerprint density at radius 2 is 1.86 bits per heavy atom. The third-order valence-corrected chi connectivity index (χ3v) is 3.25. The van der Waals surface area contributed by atoms with Crippen molar-refractivity contribution in [2.45, 2.75) is 26.7 Å². The van der Waals surface area contributed by atoms with Crippen LogP contribution < -0.4 is 5.32 Å². The highest BCUT2D eigenvalue weighted by Crippen LogP contribution is 2.20. The van der Waals surface area contributed by atoms with Crippen LogP contribution in [0.5, 0.6) is 0 Å². The monoisotopic (exact) mass is 292 g/mol. The zero-order valence-corrected chi connectivity index (χ0v) is 12.9. The number of aliphatic carboxylic acids is 1. The summed E-state index contributed by atoms with van der Waals surface area (Å²) in [5.74, 6) is -0.904. The van der Waals surface area contributed by atoms with Crippen molar-refractivity contribution in [2.75, 3.05) is 20.1 Å². The number of amides is 2. The Morgan fingerprint density at radius 1 is 1.24 bits per heavy atom. The number of carbonyl (C=O) groups excluding carboxylic acids is 1. The Balaban J connectivity index is 2.41. The van der Waals surface area contributed by atoms with Crippen molar-refractivity contribution in [3.05, 3.63) is 35.9 Å². The zero-order valence-electron chi connectivity index (χ0n) is 12.9. The number of nitrogens with zero attached hydrogens (tertiary/aromatic N) is 1. The maximum absolute atomic E-state index is 11.9. The number of hydrogen-bond donors (Lipinski definition) is 2. The van der Waals surface area contributed by atoms with Gasteiger partial charge in [0.1, 0.15) is 0 Å². The van der Waals surface area contributed by atoms with E-state index in [1.165, 1.54) is 10.5 Å². The number of benzene rings is 1. The molecule has 2 N–H and O–H groups in total. The molecule has 0 saturated heterocycles. The molecule has 0 aliphatic carbocycles. The Kier molecular flexibility index (Phi) is 6.21. The minimum absolute atomic E-state index is 0.0443. The van der Waals surface area contributed by atoms with Gasteiger partial charge in [-0.15, -0.1) is 0 Å². The van der Waals surface area contributed by atoms with Crippen LogP contribution in [0.3, 0.4) is 0 Å². The van der Waals surface area contributed by atoms with Crippen molar-refractivity contribution in [2.24, 2.45) is 5.41 Å². The highest BCUT2D eigenvalue weighted by molar-refractivity contribution is 5.75. The van der Waals surface area contributed by atoms with Crippen molar-refractivity contribution in [3.63, 3.8) is 0 Å². The summed E-state index contributed by atoms with van der Waals surface area (Å²) in [6.45, 7) is 4.94. The summed E-state index contributed by atoms with van der Waals surface area (Å²) in [6.07, 6.45) is 0.824. The number of urea groups is 1. The van der Waals surface area contributed by atoms with E-state index in [9.17, 15) is 9.59 Å². The molecule has 0 aromatic heterocycles. The fourth-order valence-corrected chi connectivity index (χ4v) is 2.03. The quantitative estimate of drug-likeness (QED) is 0.810. The molecule has 1 aromatic carbocycles. The molecule has 21 heavy (non-hydrogen) atoms. The number of rotatable bonds is 7. The van der Waals surface area contributed by atoms with Gasteiger partial charge in [0.15, 0.2) is 0 Å². The SMILES string of the molecule is CN(CCC(=O)O)C(=O)NCC(C)(C)Cc1ccccc1. The van der Waals surface area contributed by atoms with Gasteiger partial charge in [-0.1, -0.05) is 44.2 Å². The van der Waals surface area contributed by atoms with Crippen molar-refractivity contribution >= 4 is 12.0 Å². The molecule has 0 atom stereocenters. The molecule has 0 bridgehead atoms. The topological polar surface area (TPSA) is 69.6 Å². The Labute approximate surface area is 126 Å². The molecule has 0 unspecified atom stereocenters. The average Bonchev–Trinajstić information content (AvgIpc) is 2.42. The van der Waals surface area contributed by atoms with Crippen molar-refractivity contribution in [1.82, 2.24) is 10.2 Å². The first-order valence-corrected chi connectivity index (χ1v) is 7.05. The van der Waals surface area contributed by atoms with Crippen LogP contribution in [0.15, 0.2) is 30.3 Å². The molecule has 5 nitrogen and oxygen atoms in total. The van der Waals surface area contributed by atoms with Crippen LogP contribution in [0.25, 0.3) is 0 Å². The molecular weight excluding hydrogens is 268 g/mol. The predicted molar refractivity (Wildman–Crippen MR) is 82.2 cm³/mol. The number of carboxylic acids is 1. The minimum atomic E-state index is -0.904. The zero-order chi connectivity index (χ0) is 15.9. The van der Waals surface area contributed by atoms with Gasteiger partial charge in [0.2, 0.25) is 0 Å². The van der Waals surface area contributed by atoms with Gasteiger partial charge in [0.05, 0.1) is 6.42 Å². The lowest BCUT2D eigenvalue weighted by Crippen LogP contribution is -2.43. The number of carbonyl (C=O) groups is 2. The molecule has 2 amide bonds. The van der Waals surface area contributed by atoms with E-state index in [4.69, 9.17) is 5.11 Å². The summed E-state index contributed by atoms with van der Waals surface area (Å²) < 4.78 is 0. The van der Waals surface area contributed by atoms with Crippen LogP contribution in [0, 0.1) is 5.41 Å². The number of nitrogens with one attached hydrogen (secondary N) is 1. The lowest BCUT2D eigenvalue weighted by atomic mass is 9.86. The number of carboxylic acid groups (broad SMARTS) is 1. The van der Waals surface area contributed by atoms with Gasteiger partial charge in [-0.05, 0) is 17.4 Å². The summed E-state index contributed by atoms with van der Waals surface area (Å²) in [4.78, 5) is 23.8. The lowest BCUT2D eigenvalue weighted by molar-refractivity contribution is -0.137. The minimum Gasteiger partial charge on any atom is -0.481 e. The van der Waals surface area contributed by atoms with Crippen LogP contribution in [-0.2, 0) is 11.2 Å². The van der Waals surface area contributed by atoms with Crippen LogP contribution in [0.2, 0.25) is 0 Å². The first-order valence-electron chi connectivity index (χ1n) is 7.05. The van der Waals surface area contributed by atoms with E-state index in [-0.39, 0.29) is 24.4 Å². The summed E-state index contributed by atoms with van der Waals surface area (Å²) in [7, 11) is 1.60. The fourth-order valence-electron chi connectivity index (χ4n) is 2.03. The van der Waals surface area contributed by atoms with Gasteiger partial charge in [-0.25, -0.2) is 4.79 Å². The molecule has 0 radical (unpaired) electrons. The van der Waals surface area contributed by atoms with Crippen molar-refractivity contribution < 1.29 is 14.7 Å². The van der Waals surface area contributed by atoms with E-state index in [2.05, 4.69) is 31.3 Å². The smallest absolute Gasteiger partial charge is 0.317 e. The molecule has 5 heteroatoms. The maximum atomic E-state index is 11.9. The van der Waals surface area contributed by atoms with E-state index in [1.807, 2.05) is 18.2 Å². The van der Waals surface area contributed by atoms with Crippen LogP contribution in [0.4, 0.5) is 4.79 Å². The van der Waals surface area contributed by atoms with Crippen LogP contribution in [-0.4, -0.2) is 42.1 Å². The molecule has 0 spiro atoms. The van der Waals surface area contributed by atoms with Gasteiger partial charge in [0, 0.05) is 20.1 Å². The largest absolute Gasteiger partial charge is 0.481 e. The van der Waals surface area contributed by atoms with Crippen LogP contribution >= 0.6 is 0 Å². The van der Waals surface area contributed by atoms with E-state index in [0.29, 0.717) is 6.54 Å². The van der Waals surface area contributed by atoms with Gasteiger partial charge in [-0.3, -0.25) is 4.79 Å². The second-order valence-electron chi connectivity index (χ2n) is 6.05. The van der Waals surface area contributed by atoms with Gasteiger partial charge in [-0.2, -0.15) is 0 Å². The highest BCUT2D eigenvalue weighted by atomic mass is 16.4. The Hall–Kier alpha value is -2.04. The molecule has 0 fully saturated rings. The first-order chi connectivity index (χ1) is 9.80. The van der Waals surface area contributed by atoms with Gasteiger partial charge < -0.3 is 15.3 Å². The Bertz CT molecular complexity index is 472. The molecule has 0 aliphatic heterocycles. The van der Waals surface area contributed by atoms with Crippen molar-refractivity contribution in [3.8, 4) is 0 Å². The molecule has 1 aromatic rings. The Morgan fingerprint density at radius 3 is 2.43 bits per heavy atom.